The second-order valence-electron chi connectivity index (χ2n) is 4.23. The van der Waals surface area contributed by atoms with E-state index >= 15 is 0 Å². The van der Waals surface area contributed by atoms with E-state index in [9.17, 15) is 0 Å². The van der Waals surface area contributed by atoms with E-state index in [1.807, 2.05) is 6.07 Å². The van der Waals surface area contributed by atoms with Gasteiger partial charge in [-0.1, -0.05) is 26.0 Å². The molecule has 0 radical (unpaired) electrons. The highest BCUT2D eigenvalue weighted by molar-refractivity contribution is 6.58. The minimum absolute atomic E-state index is 0.452. The van der Waals surface area contributed by atoms with Gasteiger partial charge in [0.25, 0.3) is 0 Å². The Balaban J connectivity index is 2.41. The van der Waals surface area contributed by atoms with Crippen molar-refractivity contribution in [3.8, 4) is 5.75 Å². The SMILES string of the molecule is CCCN(CC)CCOc1cccc(B(O)O)c1. The van der Waals surface area contributed by atoms with Gasteiger partial charge in [0.15, 0.2) is 0 Å². The van der Waals surface area contributed by atoms with E-state index in [4.69, 9.17) is 14.8 Å². The maximum absolute atomic E-state index is 9.06. The standard InChI is InChI=1S/C13H22BNO3/c1-3-8-15(4-2)9-10-18-13-7-5-6-12(11-13)14(16)17/h5-7,11,16-17H,3-4,8-10H2,1-2H3. The summed E-state index contributed by atoms with van der Waals surface area (Å²) in [6.45, 7) is 7.89. The molecular formula is C13H22BNO3. The van der Waals surface area contributed by atoms with Crippen molar-refractivity contribution < 1.29 is 14.8 Å². The summed E-state index contributed by atoms with van der Waals surface area (Å²) in [5, 5.41) is 18.1. The molecule has 0 aromatic heterocycles. The smallest absolute Gasteiger partial charge is 0.488 e. The number of likely N-dealkylation sites (N-methyl/N-ethyl adjacent to an activating group) is 1. The third-order valence-electron chi connectivity index (χ3n) is 2.82. The van der Waals surface area contributed by atoms with E-state index in [1.54, 1.807) is 18.2 Å². The molecule has 1 aromatic rings. The number of ether oxygens (including phenoxy) is 1. The molecule has 0 atom stereocenters. The van der Waals surface area contributed by atoms with Crippen LogP contribution in [-0.2, 0) is 0 Å². The monoisotopic (exact) mass is 251 g/mol. The highest BCUT2D eigenvalue weighted by Gasteiger charge is 2.11. The van der Waals surface area contributed by atoms with Crippen molar-refractivity contribution in [3.63, 3.8) is 0 Å². The molecule has 5 heteroatoms. The minimum atomic E-state index is -1.44. The first kappa shape index (κ1) is 15.0. The van der Waals surface area contributed by atoms with Gasteiger partial charge >= 0.3 is 7.12 Å². The Labute approximate surface area is 109 Å². The van der Waals surface area contributed by atoms with Crippen molar-refractivity contribution in [2.24, 2.45) is 0 Å². The van der Waals surface area contributed by atoms with Crippen LogP contribution >= 0.6 is 0 Å². The van der Waals surface area contributed by atoms with E-state index in [0.717, 1.165) is 26.1 Å². The Morgan fingerprint density at radius 1 is 1.22 bits per heavy atom. The number of hydrogen-bond donors (Lipinski definition) is 2. The van der Waals surface area contributed by atoms with Crippen LogP contribution in [0.15, 0.2) is 24.3 Å². The number of benzene rings is 1. The van der Waals surface area contributed by atoms with Gasteiger partial charge in [-0.15, -0.1) is 0 Å². The van der Waals surface area contributed by atoms with Gasteiger partial charge in [0.1, 0.15) is 12.4 Å². The van der Waals surface area contributed by atoms with Crippen molar-refractivity contribution in [1.29, 1.82) is 0 Å². The van der Waals surface area contributed by atoms with Gasteiger partial charge in [0, 0.05) is 6.54 Å². The lowest BCUT2D eigenvalue weighted by Crippen LogP contribution is -2.30. The van der Waals surface area contributed by atoms with Crippen LogP contribution in [0.4, 0.5) is 0 Å². The lowest BCUT2D eigenvalue weighted by atomic mass is 9.80. The van der Waals surface area contributed by atoms with Crippen molar-refractivity contribution in [3.05, 3.63) is 24.3 Å². The second-order valence-corrected chi connectivity index (χ2v) is 4.23. The second kappa shape index (κ2) is 8.13. The average molecular weight is 251 g/mol. The fourth-order valence-electron chi connectivity index (χ4n) is 1.80. The minimum Gasteiger partial charge on any atom is -0.492 e. The van der Waals surface area contributed by atoms with Gasteiger partial charge in [-0.3, -0.25) is 0 Å². The quantitative estimate of drug-likeness (QED) is 0.660. The van der Waals surface area contributed by atoms with Gasteiger partial charge in [-0.2, -0.15) is 0 Å². The summed E-state index contributed by atoms with van der Waals surface area (Å²) in [7, 11) is -1.44. The van der Waals surface area contributed by atoms with E-state index in [2.05, 4.69) is 18.7 Å². The molecule has 0 saturated carbocycles. The summed E-state index contributed by atoms with van der Waals surface area (Å²) in [6, 6.07) is 6.89. The third kappa shape index (κ3) is 5.08. The largest absolute Gasteiger partial charge is 0.492 e. The molecule has 1 rings (SSSR count). The van der Waals surface area contributed by atoms with E-state index in [0.29, 0.717) is 17.8 Å². The molecule has 0 aliphatic carbocycles. The van der Waals surface area contributed by atoms with Crippen LogP contribution in [0, 0.1) is 0 Å². The predicted octanol–water partition coefficient (Wildman–Crippen LogP) is 0.477. The number of hydrogen-bond acceptors (Lipinski definition) is 4. The molecule has 0 bridgehead atoms. The van der Waals surface area contributed by atoms with Crippen LogP contribution in [0.5, 0.6) is 5.75 Å². The molecule has 18 heavy (non-hydrogen) atoms. The average Bonchev–Trinajstić information content (AvgIpc) is 2.38. The molecule has 0 spiro atoms. The van der Waals surface area contributed by atoms with Crippen LogP contribution in [0.2, 0.25) is 0 Å². The molecule has 0 unspecified atom stereocenters. The lowest BCUT2D eigenvalue weighted by Gasteiger charge is -2.19. The Kier molecular flexibility index (Phi) is 6.79. The normalized spacial score (nSPS) is 10.7. The van der Waals surface area contributed by atoms with Crippen LogP contribution in [-0.4, -0.2) is 48.3 Å². The van der Waals surface area contributed by atoms with Crippen molar-refractivity contribution in [1.82, 2.24) is 4.90 Å². The van der Waals surface area contributed by atoms with Gasteiger partial charge in [-0.05, 0) is 37.1 Å². The first-order valence-electron chi connectivity index (χ1n) is 6.48. The van der Waals surface area contributed by atoms with Gasteiger partial charge < -0.3 is 19.7 Å². The van der Waals surface area contributed by atoms with Crippen molar-refractivity contribution >= 4 is 12.6 Å². The summed E-state index contributed by atoms with van der Waals surface area (Å²) < 4.78 is 5.61. The maximum Gasteiger partial charge on any atom is 0.488 e. The summed E-state index contributed by atoms with van der Waals surface area (Å²) in [6.07, 6.45) is 1.14. The highest BCUT2D eigenvalue weighted by Crippen LogP contribution is 2.07. The summed E-state index contributed by atoms with van der Waals surface area (Å²) in [4.78, 5) is 2.32. The molecule has 0 fully saturated rings. The molecule has 2 N–H and O–H groups in total. The maximum atomic E-state index is 9.06. The Morgan fingerprint density at radius 3 is 2.61 bits per heavy atom. The fourth-order valence-corrected chi connectivity index (χ4v) is 1.80. The van der Waals surface area contributed by atoms with Crippen LogP contribution in [0.25, 0.3) is 0 Å². The topological polar surface area (TPSA) is 52.9 Å². The van der Waals surface area contributed by atoms with Gasteiger partial charge in [0.2, 0.25) is 0 Å². The van der Waals surface area contributed by atoms with E-state index in [-0.39, 0.29) is 0 Å². The molecule has 1 aromatic carbocycles. The summed E-state index contributed by atoms with van der Waals surface area (Å²) in [5.41, 5.74) is 0.452. The van der Waals surface area contributed by atoms with E-state index < -0.39 is 7.12 Å². The first-order chi connectivity index (χ1) is 8.67. The third-order valence-corrected chi connectivity index (χ3v) is 2.82. The highest BCUT2D eigenvalue weighted by atomic mass is 16.5. The van der Waals surface area contributed by atoms with Crippen LogP contribution in [0.3, 0.4) is 0 Å². The van der Waals surface area contributed by atoms with Gasteiger partial charge in [-0.25, -0.2) is 0 Å². The van der Waals surface area contributed by atoms with Crippen molar-refractivity contribution in [2.75, 3.05) is 26.2 Å². The lowest BCUT2D eigenvalue weighted by molar-refractivity contribution is 0.216. The summed E-state index contributed by atoms with van der Waals surface area (Å²) in [5.74, 6) is 0.674. The molecule has 100 valence electrons. The zero-order valence-corrected chi connectivity index (χ0v) is 11.2. The zero-order valence-electron chi connectivity index (χ0n) is 11.2. The molecule has 0 aliphatic heterocycles. The van der Waals surface area contributed by atoms with Crippen LogP contribution in [0.1, 0.15) is 20.3 Å². The predicted molar refractivity (Wildman–Crippen MR) is 74.2 cm³/mol. The first-order valence-corrected chi connectivity index (χ1v) is 6.48. The van der Waals surface area contributed by atoms with Crippen molar-refractivity contribution in [2.45, 2.75) is 20.3 Å². The fraction of sp³-hybridized carbons (Fsp3) is 0.538. The molecule has 0 aliphatic rings. The Bertz CT molecular complexity index is 347. The Morgan fingerprint density at radius 2 is 2.00 bits per heavy atom. The van der Waals surface area contributed by atoms with Crippen LogP contribution < -0.4 is 10.2 Å². The van der Waals surface area contributed by atoms with Gasteiger partial charge in [0.05, 0.1) is 0 Å². The molecule has 4 nitrogen and oxygen atoms in total. The zero-order chi connectivity index (χ0) is 13.4. The molecular weight excluding hydrogens is 229 g/mol. The Hall–Kier alpha value is -1.04. The number of rotatable bonds is 8. The number of nitrogens with zero attached hydrogens (tertiary/aromatic N) is 1. The molecule has 0 saturated heterocycles. The van der Waals surface area contributed by atoms with E-state index in [1.165, 1.54) is 0 Å². The molecule has 0 heterocycles. The molecule has 0 amide bonds. The summed E-state index contributed by atoms with van der Waals surface area (Å²) >= 11 is 0.